The molecule has 0 aromatic heterocycles. The van der Waals surface area contributed by atoms with E-state index in [1.54, 1.807) is 0 Å². The van der Waals surface area contributed by atoms with Crippen LogP contribution in [0.3, 0.4) is 0 Å². The van der Waals surface area contributed by atoms with Crippen molar-refractivity contribution in [3.8, 4) is 0 Å². The van der Waals surface area contributed by atoms with Crippen molar-refractivity contribution in [1.82, 2.24) is 0 Å². The Bertz CT molecular complexity index is 162. The molecule has 0 aliphatic carbocycles. The quantitative estimate of drug-likeness (QED) is 0.794. The van der Waals surface area contributed by atoms with Gasteiger partial charge >= 0.3 is 0 Å². The third kappa shape index (κ3) is 5.43. The van der Waals surface area contributed by atoms with E-state index in [4.69, 9.17) is 0 Å². The Labute approximate surface area is 115 Å². The monoisotopic (exact) mass is 313 g/mol. The maximum absolute atomic E-state index is 10.0. The molecule has 0 unspecified atom stereocenters. The summed E-state index contributed by atoms with van der Waals surface area (Å²) in [5, 5.41) is 10.0. The Morgan fingerprint density at radius 3 is 1.92 bits per heavy atom. The van der Waals surface area contributed by atoms with Gasteiger partial charge in [0.05, 0.1) is 0 Å². The second kappa shape index (κ2) is 7.30. The number of hydrogen-bond donors (Lipinski definition) is 1. The zero-order valence-electron chi connectivity index (χ0n) is 9.39. The summed E-state index contributed by atoms with van der Waals surface area (Å²) >= 11 is 0. The smallest absolute Gasteiger partial charge is 0.101 e. The van der Waals surface area contributed by atoms with Gasteiger partial charge in [-0.05, 0) is 33.6 Å². The molecule has 76 valence electrons. The van der Waals surface area contributed by atoms with Gasteiger partial charge < -0.3 is 5.11 Å². The van der Waals surface area contributed by atoms with Gasteiger partial charge in [0.15, 0.2) is 0 Å². The predicted molar refractivity (Wildman–Crippen MR) is 53.8 cm³/mol. The molecule has 0 spiro atoms. The largest absolute Gasteiger partial charge is 0.384 e. The van der Waals surface area contributed by atoms with Crippen molar-refractivity contribution < 1.29 is 45.9 Å². The van der Waals surface area contributed by atoms with Gasteiger partial charge in [0.25, 0.3) is 0 Å². The molecule has 13 heavy (non-hydrogen) atoms. The van der Waals surface area contributed by atoms with Crippen LogP contribution >= 0.6 is 0 Å². The summed E-state index contributed by atoms with van der Waals surface area (Å²) in [4.78, 5) is 4.36. The molecule has 3 heteroatoms. The van der Waals surface area contributed by atoms with E-state index in [1.165, 1.54) is 0 Å². The van der Waals surface area contributed by atoms with Crippen LogP contribution in [0.5, 0.6) is 0 Å². The Morgan fingerprint density at radius 1 is 1.31 bits per heavy atom. The summed E-state index contributed by atoms with van der Waals surface area (Å²) in [6.07, 6.45) is 1.48. The van der Waals surface area contributed by atoms with E-state index in [9.17, 15) is 5.11 Å². The summed E-state index contributed by atoms with van der Waals surface area (Å²) in [6.45, 7) is 9.93. The van der Waals surface area contributed by atoms with Gasteiger partial charge in [0, 0.05) is 52.6 Å². The fraction of sp³-hybridized carbons (Fsp3) is 0.900. The minimum absolute atomic E-state index is 0. The molecule has 2 nitrogen and oxygen atoms in total. The molecule has 0 amide bonds. The topological polar surface area (TPSA) is 32.6 Å². The van der Waals surface area contributed by atoms with Crippen LogP contribution in [0.25, 0.3) is 0 Å². The molecule has 0 heterocycles. The molecule has 0 atom stereocenters. The molecule has 0 aromatic rings. The van der Waals surface area contributed by atoms with Crippen LogP contribution in [0.2, 0.25) is 0 Å². The fourth-order valence-electron chi connectivity index (χ4n) is 1.27. The van der Waals surface area contributed by atoms with Crippen LogP contribution in [-0.4, -0.2) is 22.5 Å². The first-order valence-electron chi connectivity index (χ1n) is 4.73. The molecule has 0 aliphatic rings. The Balaban J connectivity index is 0. The van der Waals surface area contributed by atoms with Crippen molar-refractivity contribution in [2.24, 2.45) is 4.99 Å². The number of rotatable bonds is 4. The van der Waals surface area contributed by atoms with Gasteiger partial charge in [-0.2, -0.15) is 0 Å². The van der Waals surface area contributed by atoms with Gasteiger partial charge in [-0.3, -0.25) is 4.99 Å². The van der Waals surface area contributed by atoms with Crippen molar-refractivity contribution in [2.75, 3.05) is 0 Å². The van der Waals surface area contributed by atoms with Crippen LogP contribution in [-0.2, 0) is 0 Å². The second-order valence-corrected chi connectivity index (χ2v) is 3.55. The van der Waals surface area contributed by atoms with E-state index in [2.05, 4.69) is 4.99 Å². The number of nitrogens with zero attached hydrogens (tertiary/aromatic N) is 1. The van der Waals surface area contributed by atoms with Crippen molar-refractivity contribution in [1.29, 1.82) is 0 Å². The van der Waals surface area contributed by atoms with E-state index in [-0.39, 0.29) is 46.9 Å². The van der Waals surface area contributed by atoms with Crippen LogP contribution in [0.4, 0.5) is 0 Å². The Morgan fingerprint density at radius 2 is 1.69 bits per heavy atom. The zero-order valence-corrected chi connectivity index (χ0v) is 12.6. The molecule has 0 aromatic carbocycles. The first kappa shape index (κ1) is 16.4. The predicted octanol–water partition coefficient (Wildman–Crippen LogP) is 2.41. The summed E-state index contributed by atoms with van der Waals surface area (Å²) in [5.74, 6) is 0. The van der Waals surface area contributed by atoms with Gasteiger partial charge in [-0.15, -0.1) is 0 Å². The zero-order chi connectivity index (χ0) is 9.78. The molecule has 0 rings (SSSR count). The van der Waals surface area contributed by atoms with Gasteiger partial charge in [0.1, 0.15) is 5.60 Å². The minimum Gasteiger partial charge on any atom is -0.384 e. The summed E-state index contributed by atoms with van der Waals surface area (Å²) in [5.41, 5.74) is 0.187. The van der Waals surface area contributed by atoms with Gasteiger partial charge in [-0.1, -0.05) is 13.8 Å². The molecule has 1 N–H and O–H groups in total. The SMILES string of the molecule is CCC(O)(CC)C(C)=NC(C)C.[Nd]. The second-order valence-electron chi connectivity index (χ2n) is 3.55. The Hall–Kier alpha value is 0.981. The molecular formula is C10H21NNdO. The van der Waals surface area contributed by atoms with E-state index in [0.29, 0.717) is 0 Å². The molecule has 0 radical (unpaired) electrons. The van der Waals surface area contributed by atoms with Crippen LogP contribution in [0.15, 0.2) is 4.99 Å². The molecular weight excluding hydrogens is 294 g/mol. The molecule has 0 aliphatic heterocycles. The number of hydrogen-bond acceptors (Lipinski definition) is 2. The van der Waals surface area contributed by atoms with E-state index in [0.717, 1.165) is 18.6 Å². The van der Waals surface area contributed by atoms with E-state index < -0.39 is 5.60 Å². The van der Waals surface area contributed by atoms with Crippen molar-refractivity contribution >= 4 is 5.71 Å². The first-order valence-corrected chi connectivity index (χ1v) is 4.73. The van der Waals surface area contributed by atoms with E-state index in [1.807, 2.05) is 34.6 Å². The number of aliphatic imine (C=N–C) groups is 1. The fourth-order valence-corrected chi connectivity index (χ4v) is 1.27. The Kier molecular flexibility index (Phi) is 9.21. The molecule has 0 fully saturated rings. The van der Waals surface area contributed by atoms with Crippen molar-refractivity contribution in [2.45, 2.75) is 59.1 Å². The van der Waals surface area contributed by atoms with Crippen molar-refractivity contribution in [3.63, 3.8) is 0 Å². The molecule has 0 bridgehead atoms. The molecule has 0 saturated carbocycles. The van der Waals surface area contributed by atoms with E-state index >= 15 is 0 Å². The van der Waals surface area contributed by atoms with Crippen molar-refractivity contribution in [3.05, 3.63) is 0 Å². The third-order valence-corrected chi connectivity index (χ3v) is 2.30. The summed E-state index contributed by atoms with van der Waals surface area (Å²) < 4.78 is 0. The minimum atomic E-state index is -0.676. The first-order chi connectivity index (χ1) is 5.46. The average Bonchev–Trinajstić information content (AvgIpc) is 2.02. The normalized spacial score (nSPS) is 13.0. The average molecular weight is 316 g/mol. The van der Waals surface area contributed by atoms with Gasteiger partial charge in [0.2, 0.25) is 0 Å². The maximum atomic E-state index is 10.0. The van der Waals surface area contributed by atoms with Crippen LogP contribution in [0, 0.1) is 40.8 Å². The van der Waals surface area contributed by atoms with Crippen LogP contribution < -0.4 is 0 Å². The standard InChI is InChI=1S/C10H21NO.Nd/c1-6-10(12,7-2)9(5)11-8(3)4;/h8,12H,6-7H2,1-5H3;. The molecule has 0 saturated heterocycles. The van der Waals surface area contributed by atoms with Crippen LogP contribution in [0.1, 0.15) is 47.5 Å². The number of aliphatic hydroxyl groups is 1. The third-order valence-electron chi connectivity index (χ3n) is 2.30. The maximum Gasteiger partial charge on any atom is 0.101 e. The summed E-state index contributed by atoms with van der Waals surface area (Å²) in [6, 6.07) is 0.273. The summed E-state index contributed by atoms with van der Waals surface area (Å²) in [7, 11) is 0. The van der Waals surface area contributed by atoms with Gasteiger partial charge in [-0.25, -0.2) is 0 Å².